The molecule has 0 aliphatic rings. The number of aromatic amines is 2. The van der Waals surface area contributed by atoms with Gasteiger partial charge in [-0.05, 0) is 109 Å². The Morgan fingerprint density at radius 2 is 0.664 bits per heavy atom. The Labute approximate surface area is 839 Å². The molecule has 49 heteroatoms. The summed E-state index contributed by atoms with van der Waals surface area (Å²) < 4.78 is 0. The number of para-hydroxylation sites is 2. The number of nitrogens with one attached hydrogen (secondary N) is 17. The van der Waals surface area contributed by atoms with Crippen molar-refractivity contribution in [2.24, 2.45) is 46.4 Å². The van der Waals surface area contributed by atoms with Gasteiger partial charge in [0.05, 0.1) is 31.7 Å². The number of rotatable bonds is 63. The van der Waals surface area contributed by atoms with E-state index in [9.17, 15) is 102 Å². The number of carbonyl (C=O) groups excluding carboxylic acids is 18. The number of aromatic nitrogens is 2. The molecule has 30 N–H and O–H groups in total. The lowest BCUT2D eigenvalue weighted by Gasteiger charge is -2.29. The number of thiol groups is 2. The average Bonchev–Trinajstić information content (AvgIpc) is 1.68. The van der Waals surface area contributed by atoms with Crippen molar-refractivity contribution in [3.8, 4) is 0 Å². The molecule has 778 valence electrons. The molecule has 143 heavy (non-hydrogen) atoms. The number of hydrogen-bond donors (Lipinski definition) is 27. The number of carboxylic acids is 3. The van der Waals surface area contributed by atoms with Crippen molar-refractivity contribution < 1.29 is 116 Å². The molecule has 16 atom stereocenters. The topological polar surface area (TPSA) is 761 Å². The lowest BCUT2D eigenvalue weighted by molar-refractivity contribution is -0.144. The highest BCUT2D eigenvalue weighted by molar-refractivity contribution is 7.98. The number of H-pyrrole nitrogens is 2. The second-order valence-electron chi connectivity index (χ2n) is 35.3. The number of benzene rings is 4. The molecule has 0 aliphatic heterocycles. The summed E-state index contributed by atoms with van der Waals surface area (Å²) in [5.41, 5.74) is 31.9. The Bertz CT molecular complexity index is 5460. The first-order chi connectivity index (χ1) is 67.7. The lowest BCUT2D eigenvalue weighted by atomic mass is 9.99. The van der Waals surface area contributed by atoms with E-state index in [1.54, 1.807) is 135 Å². The molecule has 0 radical (unpaired) electrons. The number of aliphatic carboxylic acids is 3. The van der Waals surface area contributed by atoms with Gasteiger partial charge in [0.25, 0.3) is 0 Å². The van der Waals surface area contributed by atoms with Gasteiger partial charge < -0.3 is 134 Å². The normalized spacial score (nSPS) is 14.6. The predicted octanol–water partition coefficient (Wildman–Crippen LogP) is -3.33. The van der Waals surface area contributed by atoms with Gasteiger partial charge in [0.2, 0.25) is 106 Å². The van der Waals surface area contributed by atoms with Crippen LogP contribution in [-0.2, 0) is 126 Å². The molecule has 0 saturated carbocycles. The second-order valence-corrected chi connectivity index (χ2v) is 37.0. The molecule has 0 saturated heterocycles. The van der Waals surface area contributed by atoms with Gasteiger partial charge >= 0.3 is 17.9 Å². The summed E-state index contributed by atoms with van der Waals surface area (Å²) in [6.07, 6.45) is -1.58. The number of hydrogen-bond acceptors (Lipinski definition) is 26. The van der Waals surface area contributed by atoms with Crippen LogP contribution in [0.2, 0.25) is 0 Å². The summed E-state index contributed by atoms with van der Waals surface area (Å²) in [6.45, 7) is 9.49. The molecule has 0 aliphatic carbocycles. The number of fused-ring (bicyclic) bond motifs is 2. The highest BCUT2D eigenvalue weighted by atomic mass is 32.2. The standard InChI is InChI=1S/C94H130N22O24S3/c1-47(2)34-62(106-89(134)68(41-74(99)119)111-91(136)70(45-141)113-82(127)61(31-33-143-7)104-86(131)65(105-79(124)56(96)39-75(120)121)37-52-43-100-57-26-16-14-24-54(52)57)83(128)107-63(35-50-20-10-8-11-21-50)84(129)102-59(28-18-19-32-95)80(125)110-67(40-73(98)118)88(133)103-60(29-30-72(97)117)81(126)109-66(38-53-44-101-58-27-17-15-25-55(53)58)87(132)108-64(36-51-22-12-9-13-23-51)85(130)114-71(46-142)92(137)112-69(42-76(122)123)90(135)115-77(48(3)4)93(138)116-78(49(5)6)94(139)140/h8-17,20-27,43-44,47-49,56,59-71,77-78,100-101,141-142H,18-19,28-42,45-46,95-96H2,1-7H3,(H2,97,117)(H2,98,118)(H2,99,119)(H,102,129)(H,103,133)(H,104,131)(H,105,124)(H,106,134)(H,107,128)(H,108,132)(H,109,126)(H,110,125)(H,111,136)(H,112,137)(H,113,127)(H,114,130)(H,115,135)(H,116,138)(H,120,121)(H,122,123)(H,139,140)/t56-,59-,60-,61-,62-,63-,64-,65-,66-,67-,68-,69-,70-,71-,77-,78-/m0/s1. The fourth-order valence-electron chi connectivity index (χ4n) is 15.1. The quantitative estimate of drug-likeness (QED) is 0.0131. The summed E-state index contributed by atoms with van der Waals surface area (Å²) in [6, 6.07) is 3.22. The Morgan fingerprint density at radius 3 is 1.04 bits per heavy atom. The maximum absolute atomic E-state index is 15.3. The van der Waals surface area contributed by atoms with Crippen LogP contribution in [0.5, 0.6) is 0 Å². The first-order valence-electron chi connectivity index (χ1n) is 46.2. The van der Waals surface area contributed by atoms with Crippen LogP contribution >= 0.6 is 37.0 Å². The fourth-order valence-corrected chi connectivity index (χ4v) is 16.1. The summed E-state index contributed by atoms with van der Waals surface area (Å²) in [7, 11) is 0. The molecular weight excluding hydrogens is 1920 g/mol. The van der Waals surface area contributed by atoms with E-state index in [2.05, 4.69) is 115 Å². The van der Waals surface area contributed by atoms with Crippen molar-refractivity contribution in [3.63, 3.8) is 0 Å². The number of primary amides is 3. The fraction of sp³-hybridized carbons (Fsp3) is 0.479. The molecule has 2 aromatic heterocycles. The van der Waals surface area contributed by atoms with E-state index < -0.39 is 295 Å². The van der Waals surface area contributed by atoms with E-state index in [1.807, 2.05) is 0 Å². The number of nitrogens with two attached hydrogens (primary N) is 5. The lowest BCUT2D eigenvalue weighted by Crippen LogP contribution is -2.62. The van der Waals surface area contributed by atoms with Gasteiger partial charge in [-0.25, -0.2) is 4.79 Å². The summed E-state index contributed by atoms with van der Waals surface area (Å²) in [5.74, 6) is -26.6. The van der Waals surface area contributed by atoms with Crippen molar-refractivity contribution in [3.05, 3.63) is 144 Å². The van der Waals surface area contributed by atoms with E-state index >= 15 is 14.4 Å². The van der Waals surface area contributed by atoms with Gasteiger partial charge in [-0.2, -0.15) is 37.0 Å². The minimum atomic E-state index is -2.03. The van der Waals surface area contributed by atoms with Crippen molar-refractivity contribution >= 4 is 183 Å². The zero-order chi connectivity index (χ0) is 106. The Kier molecular flexibility index (Phi) is 48.4. The van der Waals surface area contributed by atoms with E-state index in [0.29, 0.717) is 44.1 Å². The zero-order valence-electron chi connectivity index (χ0n) is 80.1. The minimum absolute atomic E-state index is 0.0627. The first kappa shape index (κ1) is 118. The molecule has 6 aromatic rings. The van der Waals surface area contributed by atoms with Crippen LogP contribution in [0.4, 0.5) is 0 Å². The number of carbonyl (C=O) groups is 21. The molecule has 4 aromatic carbocycles. The molecule has 0 bridgehead atoms. The van der Waals surface area contributed by atoms with Gasteiger partial charge in [0, 0.05) is 77.8 Å². The molecule has 6 rings (SSSR count). The van der Waals surface area contributed by atoms with Crippen LogP contribution in [0.25, 0.3) is 21.8 Å². The van der Waals surface area contributed by atoms with Gasteiger partial charge in [0.1, 0.15) is 90.6 Å². The summed E-state index contributed by atoms with van der Waals surface area (Å²) >= 11 is 9.86. The maximum Gasteiger partial charge on any atom is 0.326 e. The van der Waals surface area contributed by atoms with Crippen LogP contribution in [-0.4, -0.2) is 276 Å². The highest BCUT2D eigenvalue weighted by Crippen LogP contribution is 2.24. The molecule has 46 nitrogen and oxygen atoms in total. The minimum Gasteiger partial charge on any atom is -0.481 e. The van der Waals surface area contributed by atoms with E-state index in [4.69, 9.17) is 28.7 Å². The van der Waals surface area contributed by atoms with Crippen LogP contribution in [0.1, 0.15) is 134 Å². The number of unbranched alkanes of at least 4 members (excludes halogenated alkanes) is 1. The Morgan fingerprint density at radius 1 is 0.343 bits per heavy atom. The maximum atomic E-state index is 15.3. The third-order valence-corrected chi connectivity index (χ3v) is 24.1. The Balaban J connectivity index is 1.25. The van der Waals surface area contributed by atoms with E-state index in [-0.39, 0.29) is 63.7 Å². The van der Waals surface area contributed by atoms with E-state index in [0.717, 1.165) is 0 Å². The van der Waals surface area contributed by atoms with E-state index in [1.165, 1.54) is 45.7 Å². The molecule has 18 amide bonds. The number of carboxylic acid groups (broad SMARTS) is 3. The third kappa shape index (κ3) is 39.0. The van der Waals surface area contributed by atoms with Gasteiger partial charge in [0.15, 0.2) is 0 Å². The highest BCUT2D eigenvalue weighted by Gasteiger charge is 2.41. The smallest absolute Gasteiger partial charge is 0.326 e. The van der Waals surface area contributed by atoms with Crippen LogP contribution in [0.3, 0.4) is 0 Å². The first-order valence-corrected chi connectivity index (χ1v) is 48.8. The summed E-state index contributed by atoms with van der Waals surface area (Å²) in [5, 5.41) is 67.7. The number of amides is 18. The predicted molar refractivity (Wildman–Crippen MR) is 532 cm³/mol. The molecule has 0 spiro atoms. The van der Waals surface area contributed by atoms with Crippen LogP contribution < -0.4 is 108 Å². The SMILES string of the molecule is CSCC[C@H](NC(=O)[C@H](Cc1c[nH]c2ccccc12)NC(=O)[C@@H](N)CC(=O)O)C(=O)N[C@@H](CS)C(=O)N[C@@H](CC(N)=O)C(=O)N[C@@H](CC(C)C)C(=O)N[C@@H](Cc1ccccc1)C(=O)N[C@@H](CCCCN)C(=O)N[C@@H](CC(N)=O)C(=O)N[C@@H](CCC(N)=O)C(=O)N[C@@H](Cc1c[nH]c2ccccc12)C(=O)N[C@@H](Cc1ccccc1)C(=O)N[C@@H](CS)C(=O)N[C@@H](CC(=O)O)C(=O)N[C@H](C(=O)N[C@H](C(=O)O)C(C)C)C(C)C. The van der Waals surface area contributed by atoms with Crippen molar-refractivity contribution in [2.75, 3.05) is 30.1 Å². The largest absolute Gasteiger partial charge is 0.481 e. The van der Waals surface area contributed by atoms with Crippen LogP contribution in [0.15, 0.2) is 122 Å². The van der Waals surface area contributed by atoms with Crippen molar-refractivity contribution in [1.82, 2.24) is 89.7 Å². The van der Waals surface area contributed by atoms with Crippen molar-refractivity contribution in [1.29, 1.82) is 0 Å². The number of thioether (sulfide) groups is 1. The average molecular weight is 2050 g/mol. The third-order valence-electron chi connectivity index (χ3n) is 22.7. The van der Waals surface area contributed by atoms with Crippen molar-refractivity contribution in [2.45, 2.75) is 235 Å². The molecular formula is C94H130N22O24S3. The molecule has 0 fully saturated rings. The Hall–Kier alpha value is -14.2. The molecule has 0 unspecified atom stereocenters. The van der Waals surface area contributed by atoms with Crippen LogP contribution in [0, 0.1) is 17.8 Å². The van der Waals surface area contributed by atoms with Gasteiger partial charge in [-0.1, -0.05) is 139 Å². The molecule has 2 heterocycles. The van der Waals surface area contributed by atoms with Gasteiger partial charge in [-0.3, -0.25) is 95.9 Å². The summed E-state index contributed by atoms with van der Waals surface area (Å²) in [4.78, 5) is 298. The monoisotopic (exact) mass is 2050 g/mol. The van der Waals surface area contributed by atoms with Gasteiger partial charge in [-0.15, -0.1) is 0 Å². The zero-order valence-corrected chi connectivity index (χ0v) is 82.7. The second kappa shape index (κ2) is 58.9.